The van der Waals surface area contributed by atoms with E-state index in [4.69, 9.17) is 9.47 Å². The van der Waals surface area contributed by atoms with Gasteiger partial charge in [-0.25, -0.2) is 0 Å². The first-order valence-corrected chi connectivity index (χ1v) is 11.6. The van der Waals surface area contributed by atoms with Crippen LogP contribution in [0.3, 0.4) is 0 Å². The molecule has 2 aliphatic heterocycles. The number of para-hydroxylation sites is 1. The summed E-state index contributed by atoms with van der Waals surface area (Å²) in [6, 6.07) is 19.1. The van der Waals surface area contributed by atoms with Crippen molar-refractivity contribution in [3.05, 3.63) is 65.5 Å². The number of benzene rings is 2. The third-order valence-corrected chi connectivity index (χ3v) is 6.89. The number of nitrogens with zero attached hydrogens (tertiary/aromatic N) is 1. The van der Waals surface area contributed by atoms with Crippen molar-refractivity contribution >= 4 is 28.8 Å². The fraction of sp³-hybridized carbons (Fsp3) is 0.280. The molecule has 3 heterocycles. The Kier molecular flexibility index (Phi) is 5.81. The van der Waals surface area contributed by atoms with Crippen molar-refractivity contribution in [3.63, 3.8) is 0 Å². The van der Waals surface area contributed by atoms with E-state index in [-0.39, 0.29) is 17.7 Å². The van der Waals surface area contributed by atoms with Gasteiger partial charge in [-0.2, -0.15) is 0 Å². The Hall–Kier alpha value is -3.32. The Morgan fingerprint density at radius 1 is 0.969 bits per heavy atom. The van der Waals surface area contributed by atoms with E-state index in [0.29, 0.717) is 31.2 Å². The molecular formula is C25H24N2O4S. The molecule has 32 heavy (non-hydrogen) atoms. The van der Waals surface area contributed by atoms with Gasteiger partial charge < -0.3 is 19.7 Å². The first-order valence-electron chi connectivity index (χ1n) is 10.8. The molecule has 2 aromatic carbocycles. The largest absolute Gasteiger partial charge is 0.486 e. The van der Waals surface area contributed by atoms with Crippen molar-refractivity contribution in [2.75, 3.05) is 31.6 Å². The van der Waals surface area contributed by atoms with Crippen LogP contribution in [0.2, 0.25) is 0 Å². The Labute approximate surface area is 190 Å². The molecule has 0 bridgehead atoms. The molecular weight excluding hydrogens is 424 g/mol. The highest BCUT2D eigenvalue weighted by Gasteiger charge is 2.29. The van der Waals surface area contributed by atoms with Gasteiger partial charge in [-0.05, 0) is 60.9 Å². The number of ether oxygens (including phenoxy) is 2. The summed E-state index contributed by atoms with van der Waals surface area (Å²) >= 11 is 1.46. The monoisotopic (exact) mass is 448 g/mol. The third kappa shape index (κ3) is 4.34. The van der Waals surface area contributed by atoms with Crippen LogP contribution in [-0.4, -0.2) is 43.0 Å². The van der Waals surface area contributed by atoms with Gasteiger partial charge in [0, 0.05) is 23.7 Å². The van der Waals surface area contributed by atoms with E-state index in [9.17, 15) is 9.59 Å². The highest BCUT2D eigenvalue weighted by Crippen LogP contribution is 2.37. The minimum atomic E-state index is -0.204. The number of carbonyl (C=O) groups excluding carboxylic acids is 2. The maximum atomic E-state index is 13.2. The molecule has 1 saturated heterocycles. The van der Waals surface area contributed by atoms with Crippen LogP contribution in [-0.2, 0) is 4.79 Å². The molecule has 3 aromatic rings. The summed E-state index contributed by atoms with van der Waals surface area (Å²) < 4.78 is 11.3. The highest BCUT2D eigenvalue weighted by atomic mass is 32.1. The molecule has 164 valence electrons. The molecule has 7 heteroatoms. The molecule has 1 N–H and O–H groups in total. The summed E-state index contributed by atoms with van der Waals surface area (Å²) in [4.78, 5) is 29.4. The third-order valence-electron chi connectivity index (χ3n) is 5.76. The van der Waals surface area contributed by atoms with Gasteiger partial charge in [0.1, 0.15) is 13.2 Å². The van der Waals surface area contributed by atoms with Gasteiger partial charge in [-0.1, -0.05) is 18.2 Å². The summed E-state index contributed by atoms with van der Waals surface area (Å²) in [5.74, 6) is 1.23. The Morgan fingerprint density at radius 2 is 1.78 bits per heavy atom. The van der Waals surface area contributed by atoms with Crippen LogP contribution in [0.15, 0.2) is 60.7 Å². The van der Waals surface area contributed by atoms with Gasteiger partial charge in [0.05, 0.1) is 10.8 Å². The number of fused-ring (bicyclic) bond motifs is 1. The first kappa shape index (κ1) is 20.6. The number of hydrogen-bond acceptors (Lipinski definition) is 5. The van der Waals surface area contributed by atoms with Crippen molar-refractivity contribution in [1.82, 2.24) is 4.90 Å². The SMILES string of the molecule is O=C(Nc1ccccc1)C1CCCN(C(=O)c2ccc(-c3ccc4c(c3)OCCO4)s2)C1. The summed E-state index contributed by atoms with van der Waals surface area (Å²) in [6.45, 7) is 2.21. The van der Waals surface area contributed by atoms with Gasteiger partial charge >= 0.3 is 0 Å². The average molecular weight is 449 g/mol. The van der Waals surface area contributed by atoms with Crippen LogP contribution in [0.5, 0.6) is 11.5 Å². The zero-order chi connectivity index (χ0) is 21.9. The van der Waals surface area contributed by atoms with Gasteiger partial charge in [0.15, 0.2) is 11.5 Å². The van der Waals surface area contributed by atoms with Crippen LogP contribution in [0.1, 0.15) is 22.5 Å². The second-order valence-corrected chi connectivity index (χ2v) is 9.05. The quantitative estimate of drug-likeness (QED) is 0.630. The van der Waals surface area contributed by atoms with Crippen molar-refractivity contribution in [2.24, 2.45) is 5.92 Å². The average Bonchev–Trinajstić information content (AvgIpc) is 3.34. The van der Waals surface area contributed by atoms with Crippen LogP contribution in [0.25, 0.3) is 10.4 Å². The molecule has 0 spiro atoms. The number of rotatable bonds is 4. The number of carbonyl (C=O) groups is 2. The molecule has 5 rings (SSSR count). The fourth-order valence-corrected chi connectivity index (χ4v) is 5.07. The van der Waals surface area contributed by atoms with Crippen LogP contribution < -0.4 is 14.8 Å². The van der Waals surface area contributed by atoms with Gasteiger partial charge in [0.25, 0.3) is 5.91 Å². The lowest BCUT2D eigenvalue weighted by molar-refractivity contribution is -0.121. The predicted octanol–water partition coefficient (Wildman–Crippen LogP) is 4.68. The second kappa shape index (κ2) is 9.04. The minimum absolute atomic E-state index is 0.0176. The molecule has 1 fully saturated rings. The van der Waals surface area contributed by atoms with E-state index < -0.39 is 0 Å². The number of likely N-dealkylation sites (tertiary alicyclic amines) is 1. The second-order valence-electron chi connectivity index (χ2n) is 7.97. The lowest BCUT2D eigenvalue weighted by Crippen LogP contribution is -2.43. The summed E-state index contributed by atoms with van der Waals surface area (Å²) in [5.41, 5.74) is 1.78. The predicted molar refractivity (Wildman–Crippen MR) is 124 cm³/mol. The number of anilines is 1. The zero-order valence-corrected chi connectivity index (χ0v) is 18.4. The summed E-state index contributed by atoms with van der Waals surface area (Å²) in [6.07, 6.45) is 1.61. The molecule has 2 amide bonds. The van der Waals surface area contributed by atoms with E-state index in [2.05, 4.69) is 5.32 Å². The standard InChI is InChI=1S/C25H24N2O4S/c28-24(26-19-6-2-1-3-7-19)18-5-4-12-27(16-18)25(29)23-11-10-22(32-23)17-8-9-20-21(15-17)31-14-13-30-20/h1-3,6-11,15,18H,4-5,12-14,16H2,(H,26,28). The van der Waals surface area contributed by atoms with Crippen molar-refractivity contribution < 1.29 is 19.1 Å². The van der Waals surface area contributed by atoms with E-state index in [0.717, 1.165) is 40.5 Å². The molecule has 6 nitrogen and oxygen atoms in total. The van der Waals surface area contributed by atoms with Crippen LogP contribution in [0, 0.1) is 5.92 Å². The summed E-state index contributed by atoms with van der Waals surface area (Å²) in [7, 11) is 0. The van der Waals surface area contributed by atoms with Gasteiger partial charge in [-0.15, -0.1) is 11.3 Å². The van der Waals surface area contributed by atoms with E-state index in [1.165, 1.54) is 11.3 Å². The van der Waals surface area contributed by atoms with E-state index in [1.54, 1.807) is 4.90 Å². The van der Waals surface area contributed by atoms with Gasteiger partial charge in [0.2, 0.25) is 5.91 Å². The van der Waals surface area contributed by atoms with Crippen molar-refractivity contribution in [2.45, 2.75) is 12.8 Å². The molecule has 2 aliphatic rings. The number of hydrogen-bond donors (Lipinski definition) is 1. The van der Waals surface area contributed by atoms with Gasteiger partial charge in [-0.3, -0.25) is 9.59 Å². The van der Waals surface area contributed by atoms with E-state index >= 15 is 0 Å². The van der Waals surface area contributed by atoms with Crippen molar-refractivity contribution in [1.29, 1.82) is 0 Å². The summed E-state index contributed by atoms with van der Waals surface area (Å²) in [5, 5.41) is 2.97. The zero-order valence-electron chi connectivity index (χ0n) is 17.6. The molecule has 0 radical (unpaired) electrons. The highest BCUT2D eigenvalue weighted by molar-refractivity contribution is 7.17. The van der Waals surface area contributed by atoms with Crippen LogP contribution >= 0.6 is 11.3 Å². The minimum Gasteiger partial charge on any atom is -0.486 e. The first-order chi connectivity index (χ1) is 15.7. The smallest absolute Gasteiger partial charge is 0.263 e. The lowest BCUT2D eigenvalue weighted by atomic mass is 9.97. The maximum absolute atomic E-state index is 13.2. The topological polar surface area (TPSA) is 67.9 Å². The fourth-order valence-electron chi connectivity index (χ4n) is 4.10. The Bertz CT molecular complexity index is 1130. The maximum Gasteiger partial charge on any atom is 0.263 e. The number of thiophene rings is 1. The number of piperidine rings is 1. The lowest BCUT2D eigenvalue weighted by Gasteiger charge is -2.31. The van der Waals surface area contributed by atoms with E-state index in [1.807, 2.05) is 60.7 Å². The van der Waals surface area contributed by atoms with Crippen molar-refractivity contribution in [3.8, 4) is 21.9 Å². The molecule has 1 unspecified atom stereocenters. The molecule has 1 atom stereocenters. The Balaban J connectivity index is 1.26. The van der Waals surface area contributed by atoms with Crippen LogP contribution in [0.4, 0.5) is 5.69 Å². The molecule has 1 aromatic heterocycles. The molecule has 0 aliphatic carbocycles. The number of amides is 2. The normalized spacial score (nSPS) is 17.6. The number of nitrogens with one attached hydrogen (secondary N) is 1. The Morgan fingerprint density at radius 3 is 2.62 bits per heavy atom. The molecule has 0 saturated carbocycles.